The van der Waals surface area contributed by atoms with Crippen LogP contribution in [0.3, 0.4) is 0 Å². The second-order valence-corrected chi connectivity index (χ2v) is 4.75. The Balaban J connectivity index is 1.74. The molecule has 3 heterocycles. The molecule has 1 atom stereocenters. The van der Waals surface area contributed by atoms with Crippen molar-refractivity contribution >= 4 is 0 Å². The van der Waals surface area contributed by atoms with Crippen LogP contribution in [-0.4, -0.2) is 33.0 Å². The molecule has 0 spiro atoms. The molecule has 2 N–H and O–H groups in total. The molecule has 1 fully saturated rings. The van der Waals surface area contributed by atoms with E-state index in [1.54, 1.807) is 18.6 Å². The van der Waals surface area contributed by atoms with Crippen molar-refractivity contribution in [3.63, 3.8) is 0 Å². The highest BCUT2D eigenvalue weighted by Gasteiger charge is 2.14. The average Bonchev–Trinajstić information content (AvgIpc) is 2.94. The third-order valence-corrected chi connectivity index (χ3v) is 3.32. The Labute approximate surface area is 106 Å². The van der Waals surface area contributed by atoms with Gasteiger partial charge in [-0.05, 0) is 38.3 Å². The Kier molecular flexibility index (Phi) is 3.32. The molecule has 3 rings (SSSR count). The van der Waals surface area contributed by atoms with E-state index in [1.807, 2.05) is 6.20 Å². The van der Waals surface area contributed by atoms with Crippen LogP contribution >= 0.6 is 0 Å². The molecule has 1 aliphatic heterocycles. The molecule has 2 aromatic heterocycles. The summed E-state index contributed by atoms with van der Waals surface area (Å²) >= 11 is 0. The fraction of sp³-hybridized carbons (Fsp3) is 0.462. The highest BCUT2D eigenvalue weighted by molar-refractivity contribution is 5.46. The molecule has 1 saturated heterocycles. The zero-order chi connectivity index (χ0) is 12.2. The number of aromatic nitrogens is 4. The van der Waals surface area contributed by atoms with Gasteiger partial charge in [-0.2, -0.15) is 0 Å². The quantitative estimate of drug-likeness (QED) is 0.855. The molecular formula is C13H17N5. The van der Waals surface area contributed by atoms with Gasteiger partial charge in [0.1, 0.15) is 5.69 Å². The van der Waals surface area contributed by atoms with Crippen molar-refractivity contribution in [1.29, 1.82) is 0 Å². The SMILES string of the molecule is c1c[nH]c(-c2cncc(CC3CCCNC3)n2)n1. The molecular weight excluding hydrogens is 226 g/mol. The Hall–Kier alpha value is -1.75. The van der Waals surface area contributed by atoms with Crippen molar-refractivity contribution in [2.45, 2.75) is 19.3 Å². The van der Waals surface area contributed by atoms with Gasteiger partial charge in [0.15, 0.2) is 5.82 Å². The smallest absolute Gasteiger partial charge is 0.157 e. The molecule has 0 radical (unpaired) electrons. The number of hydrogen-bond acceptors (Lipinski definition) is 4. The summed E-state index contributed by atoms with van der Waals surface area (Å²) in [7, 11) is 0. The van der Waals surface area contributed by atoms with Gasteiger partial charge < -0.3 is 10.3 Å². The van der Waals surface area contributed by atoms with Gasteiger partial charge in [0.05, 0.1) is 11.9 Å². The van der Waals surface area contributed by atoms with E-state index >= 15 is 0 Å². The maximum Gasteiger partial charge on any atom is 0.157 e. The molecule has 5 heteroatoms. The van der Waals surface area contributed by atoms with E-state index in [9.17, 15) is 0 Å². The zero-order valence-corrected chi connectivity index (χ0v) is 10.3. The Bertz CT molecular complexity index is 488. The summed E-state index contributed by atoms with van der Waals surface area (Å²) in [5.74, 6) is 1.46. The number of aromatic amines is 1. The van der Waals surface area contributed by atoms with Gasteiger partial charge in [-0.3, -0.25) is 4.98 Å². The molecule has 0 amide bonds. The van der Waals surface area contributed by atoms with E-state index in [1.165, 1.54) is 12.8 Å². The number of nitrogens with zero attached hydrogens (tertiary/aromatic N) is 3. The monoisotopic (exact) mass is 243 g/mol. The summed E-state index contributed by atoms with van der Waals surface area (Å²) in [6, 6.07) is 0. The van der Waals surface area contributed by atoms with Gasteiger partial charge in [-0.15, -0.1) is 0 Å². The van der Waals surface area contributed by atoms with E-state index in [0.717, 1.165) is 36.7 Å². The number of H-pyrrole nitrogens is 1. The maximum absolute atomic E-state index is 4.63. The second kappa shape index (κ2) is 5.27. The van der Waals surface area contributed by atoms with E-state index in [4.69, 9.17) is 0 Å². The van der Waals surface area contributed by atoms with Crippen molar-refractivity contribution < 1.29 is 0 Å². The zero-order valence-electron chi connectivity index (χ0n) is 10.3. The van der Waals surface area contributed by atoms with E-state index < -0.39 is 0 Å². The highest BCUT2D eigenvalue weighted by Crippen LogP contribution is 2.16. The average molecular weight is 243 g/mol. The minimum absolute atomic E-state index is 0.680. The van der Waals surface area contributed by atoms with Crippen LogP contribution in [-0.2, 0) is 6.42 Å². The van der Waals surface area contributed by atoms with Crippen LogP contribution in [0.25, 0.3) is 11.5 Å². The number of imidazole rings is 1. The van der Waals surface area contributed by atoms with Crippen molar-refractivity contribution in [2.75, 3.05) is 13.1 Å². The normalized spacial score (nSPS) is 19.9. The van der Waals surface area contributed by atoms with Crippen molar-refractivity contribution in [3.05, 3.63) is 30.5 Å². The van der Waals surface area contributed by atoms with Crippen LogP contribution in [0, 0.1) is 5.92 Å². The largest absolute Gasteiger partial charge is 0.343 e. The van der Waals surface area contributed by atoms with Gasteiger partial charge >= 0.3 is 0 Å². The van der Waals surface area contributed by atoms with Crippen molar-refractivity contribution in [1.82, 2.24) is 25.3 Å². The number of hydrogen-bond donors (Lipinski definition) is 2. The lowest BCUT2D eigenvalue weighted by Crippen LogP contribution is -2.31. The standard InChI is InChI=1S/C13H17N5/c1-2-10(7-14-3-1)6-11-8-15-9-12(18-11)13-16-4-5-17-13/h4-5,8-10,14H,1-3,6-7H2,(H,16,17). The summed E-state index contributed by atoms with van der Waals surface area (Å²) in [5, 5.41) is 3.43. The van der Waals surface area contributed by atoms with Crippen LogP contribution in [0.15, 0.2) is 24.8 Å². The van der Waals surface area contributed by atoms with Crippen LogP contribution in [0.4, 0.5) is 0 Å². The van der Waals surface area contributed by atoms with Gasteiger partial charge in [0.2, 0.25) is 0 Å². The summed E-state index contributed by atoms with van der Waals surface area (Å²) in [6.45, 7) is 2.24. The van der Waals surface area contributed by atoms with Gasteiger partial charge in [0.25, 0.3) is 0 Å². The predicted octanol–water partition coefficient (Wildman–Crippen LogP) is 1.41. The van der Waals surface area contributed by atoms with E-state index in [-0.39, 0.29) is 0 Å². The summed E-state index contributed by atoms with van der Waals surface area (Å²) < 4.78 is 0. The Morgan fingerprint density at radius 3 is 3.11 bits per heavy atom. The molecule has 0 aromatic carbocycles. The molecule has 0 aliphatic carbocycles. The first-order valence-corrected chi connectivity index (χ1v) is 6.43. The second-order valence-electron chi connectivity index (χ2n) is 4.75. The first kappa shape index (κ1) is 11.3. The lowest BCUT2D eigenvalue weighted by molar-refractivity contribution is 0.373. The Morgan fingerprint density at radius 2 is 2.33 bits per heavy atom. The molecule has 5 nitrogen and oxygen atoms in total. The van der Waals surface area contributed by atoms with Crippen LogP contribution in [0.2, 0.25) is 0 Å². The number of rotatable bonds is 3. The van der Waals surface area contributed by atoms with E-state index in [2.05, 4.69) is 25.3 Å². The molecule has 0 bridgehead atoms. The number of nitrogens with one attached hydrogen (secondary N) is 2. The third kappa shape index (κ3) is 2.56. The summed E-state index contributed by atoms with van der Waals surface area (Å²) in [6.07, 6.45) is 10.7. The Morgan fingerprint density at radius 1 is 1.33 bits per heavy atom. The fourth-order valence-electron chi connectivity index (χ4n) is 2.42. The topological polar surface area (TPSA) is 66.5 Å². The lowest BCUT2D eigenvalue weighted by atomic mass is 9.95. The first-order valence-electron chi connectivity index (χ1n) is 6.43. The third-order valence-electron chi connectivity index (χ3n) is 3.32. The highest BCUT2D eigenvalue weighted by atomic mass is 14.9. The number of piperidine rings is 1. The van der Waals surface area contributed by atoms with E-state index in [0.29, 0.717) is 5.92 Å². The molecule has 2 aromatic rings. The van der Waals surface area contributed by atoms with Gasteiger partial charge in [-0.25, -0.2) is 9.97 Å². The van der Waals surface area contributed by atoms with Crippen molar-refractivity contribution in [3.8, 4) is 11.5 Å². The molecule has 0 saturated carbocycles. The molecule has 1 aliphatic rings. The first-order chi connectivity index (χ1) is 8.92. The van der Waals surface area contributed by atoms with Crippen LogP contribution in [0.5, 0.6) is 0 Å². The summed E-state index contributed by atoms with van der Waals surface area (Å²) in [5.41, 5.74) is 1.87. The van der Waals surface area contributed by atoms with Crippen LogP contribution < -0.4 is 5.32 Å². The molecule has 94 valence electrons. The summed E-state index contributed by atoms with van der Waals surface area (Å²) in [4.78, 5) is 16.2. The van der Waals surface area contributed by atoms with Crippen LogP contribution in [0.1, 0.15) is 18.5 Å². The van der Waals surface area contributed by atoms with Gasteiger partial charge in [-0.1, -0.05) is 0 Å². The fourth-order valence-corrected chi connectivity index (χ4v) is 2.42. The van der Waals surface area contributed by atoms with Gasteiger partial charge in [0, 0.05) is 18.6 Å². The minimum atomic E-state index is 0.680. The predicted molar refractivity (Wildman–Crippen MR) is 68.9 cm³/mol. The lowest BCUT2D eigenvalue weighted by Gasteiger charge is -2.22. The minimum Gasteiger partial charge on any atom is -0.343 e. The van der Waals surface area contributed by atoms with Crippen molar-refractivity contribution in [2.24, 2.45) is 5.92 Å². The molecule has 1 unspecified atom stereocenters. The molecule has 18 heavy (non-hydrogen) atoms. The maximum atomic E-state index is 4.63.